The van der Waals surface area contributed by atoms with Crippen LogP contribution in [0.4, 0.5) is 11.5 Å². The molecule has 2 aliphatic rings. The number of benzene rings is 2. The van der Waals surface area contributed by atoms with Gasteiger partial charge < -0.3 is 20.7 Å². The molecule has 1 fully saturated rings. The van der Waals surface area contributed by atoms with Crippen LogP contribution in [0.15, 0.2) is 52.1 Å². The summed E-state index contributed by atoms with van der Waals surface area (Å²) < 4.78 is 8.23. The molecule has 0 unspecified atom stereocenters. The molecule has 7 rings (SSSR count). The maximum absolute atomic E-state index is 13.2. The molecule has 1 saturated heterocycles. The highest BCUT2D eigenvalue weighted by Crippen LogP contribution is 2.43. The Balaban J connectivity index is 1.23. The topological polar surface area (TPSA) is 145 Å². The quantitative estimate of drug-likeness (QED) is 0.214. The Bertz CT molecular complexity index is 2280. The van der Waals surface area contributed by atoms with Crippen LogP contribution in [0.3, 0.4) is 0 Å². The fourth-order valence-corrected chi connectivity index (χ4v) is 7.33. The molecule has 4 heterocycles. The van der Waals surface area contributed by atoms with Crippen LogP contribution >= 0.6 is 11.6 Å². The number of carbonyl (C=O) groups excluding carboxylic acids is 1. The molecule has 1 aliphatic carbocycles. The van der Waals surface area contributed by atoms with E-state index >= 15 is 0 Å². The predicted molar refractivity (Wildman–Crippen MR) is 190 cm³/mol. The van der Waals surface area contributed by atoms with Crippen molar-refractivity contribution in [3.8, 4) is 28.3 Å². The summed E-state index contributed by atoms with van der Waals surface area (Å²) in [6.45, 7) is 4.40. The lowest BCUT2D eigenvalue weighted by Gasteiger charge is -2.20. The molecule has 2 atom stereocenters. The number of anilines is 2. The molecule has 252 valence electrons. The summed E-state index contributed by atoms with van der Waals surface area (Å²) in [5.41, 5.74) is 6.37. The number of carbonyl (C=O) groups is 1. The lowest BCUT2D eigenvalue weighted by molar-refractivity contribution is -0.119. The van der Waals surface area contributed by atoms with Crippen LogP contribution in [0.2, 0.25) is 5.02 Å². The summed E-state index contributed by atoms with van der Waals surface area (Å²) in [5.74, 6) is 1.41. The van der Waals surface area contributed by atoms with E-state index in [1.54, 1.807) is 21.1 Å². The molecule has 1 amide bonds. The zero-order chi connectivity index (χ0) is 34.6. The number of fused-ring (bicyclic) bond motifs is 2. The molecule has 3 N–H and O–H groups in total. The largest absolute Gasteiger partial charge is 0.481 e. The molecule has 0 radical (unpaired) electrons. The Labute approximate surface area is 287 Å². The number of amides is 1. The first-order chi connectivity index (χ1) is 23.5. The van der Waals surface area contributed by atoms with E-state index in [9.17, 15) is 14.4 Å². The van der Waals surface area contributed by atoms with E-state index in [-0.39, 0.29) is 29.0 Å². The van der Waals surface area contributed by atoms with Crippen molar-refractivity contribution in [2.75, 3.05) is 19.0 Å². The van der Waals surface area contributed by atoms with Crippen LogP contribution in [0.5, 0.6) is 5.88 Å². The van der Waals surface area contributed by atoms with Crippen LogP contribution in [-0.2, 0) is 25.3 Å². The van der Waals surface area contributed by atoms with Crippen LogP contribution in [-0.4, -0.2) is 49.7 Å². The lowest BCUT2D eigenvalue weighted by atomic mass is 9.96. The number of halogens is 1. The molecule has 13 heteroatoms. The second kappa shape index (κ2) is 12.8. The highest BCUT2D eigenvalue weighted by atomic mass is 35.5. The van der Waals surface area contributed by atoms with E-state index in [0.29, 0.717) is 35.5 Å². The van der Waals surface area contributed by atoms with Crippen molar-refractivity contribution in [1.82, 2.24) is 34.7 Å². The number of methoxy groups -OCH3 is 1. The van der Waals surface area contributed by atoms with Gasteiger partial charge in [-0.3, -0.25) is 18.7 Å². The molecule has 3 aromatic heterocycles. The van der Waals surface area contributed by atoms with Gasteiger partial charge in [-0.2, -0.15) is 0 Å². The second-order valence-corrected chi connectivity index (χ2v) is 13.1. The average molecular weight is 681 g/mol. The van der Waals surface area contributed by atoms with Gasteiger partial charge in [-0.25, -0.2) is 19.7 Å². The van der Waals surface area contributed by atoms with E-state index < -0.39 is 11.2 Å². The first-order valence-corrected chi connectivity index (χ1v) is 16.6. The van der Waals surface area contributed by atoms with Crippen LogP contribution in [0.25, 0.3) is 33.4 Å². The van der Waals surface area contributed by atoms with Gasteiger partial charge in [-0.1, -0.05) is 41.9 Å². The molecule has 0 saturated carbocycles. The molecule has 1 aliphatic heterocycles. The normalized spacial score (nSPS) is 17.0. The standard InChI is InChI=1S/C36H37ClN8O4/c1-18-22(8-7-11-25(18)42-32-30-33(40-19(2)39-32)44(3)36(48)45(4)35(30)47)23-9-6-10-24(31(23)37)27-16-20-12-14-26(29(20)34(43-27)49-5)38-17-21-13-15-28(46)41-21/h6-11,16,21,26,38H,12-15,17H2,1-5H3,(H,41,46)(H,39,40,42)/t21-,26+/m1/s1. The van der Waals surface area contributed by atoms with Crippen molar-refractivity contribution >= 4 is 40.0 Å². The Morgan fingerprint density at radius 3 is 2.47 bits per heavy atom. The lowest BCUT2D eigenvalue weighted by Crippen LogP contribution is -2.37. The molecule has 5 aromatic rings. The van der Waals surface area contributed by atoms with E-state index in [1.807, 2.05) is 43.3 Å². The smallest absolute Gasteiger partial charge is 0.332 e. The predicted octanol–water partition coefficient (Wildman–Crippen LogP) is 4.63. The number of aryl methyl sites for hydroxylation is 3. The molecule has 49 heavy (non-hydrogen) atoms. The number of aromatic nitrogens is 5. The highest BCUT2D eigenvalue weighted by molar-refractivity contribution is 6.36. The fourth-order valence-electron chi connectivity index (χ4n) is 7.00. The van der Waals surface area contributed by atoms with Gasteiger partial charge in [0, 0.05) is 61.5 Å². The van der Waals surface area contributed by atoms with Crippen molar-refractivity contribution in [3.05, 3.63) is 90.8 Å². The summed E-state index contributed by atoms with van der Waals surface area (Å²) in [7, 11) is 4.66. The number of ether oxygens (including phenoxy) is 1. The first kappa shape index (κ1) is 32.5. The summed E-state index contributed by atoms with van der Waals surface area (Å²) in [5, 5.41) is 10.8. The Kier molecular flexibility index (Phi) is 8.45. The summed E-state index contributed by atoms with van der Waals surface area (Å²) >= 11 is 7.20. The third-order valence-electron chi connectivity index (χ3n) is 9.61. The minimum atomic E-state index is -0.480. The van der Waals surface area contributed by atoms with Crippen LogP contribution < -0.4 is 31.9 Å². The third-order valence-corrected chi connectivity index (χ3v) is 10.0. The van der Waals surface area contributed by atoms with Gasteiger partial charge in [0.05, 0.1) is 17.8 Å². The SMILES string of the molecule is COc1nc(-c2cccc(-c3cccc(Nc4nc(C)nc5c4c(=O)n(C)c(=O)n5C)c3C)c2Cl)cc2c1[C@@H](NC[C@H]1CCC(=O)N1)CC2. The number of pyridine rings is 1. The van der Waals surface area contributed by atoms with Gasteiger partial charge in [-0.05, 0) is 61.9 Å². The molecule has 2 aromatic carbocycles. The number of hydrogen-bond acceptors (Lipinski definition) is 9. The van der Waals surface area contributed by atoms with Crippen LogP contribution in [0.1, 0.15) is 47.8 Å². The minimum Gasteiger partial charge on any atom is -0.481 e. The van der Waals surface area contributed by atoms with Gasteiger partial charge in [0.1, 0.15) is 17.0 Å². The van der Waals surface area contributed by atoms with E-state index in [0.717, 1.165) is 68.6 Å². The minimum absolute atomic E-state index is 0.0876. The van der Waals surface area contributed by atoms with Crippen molar-refractivity contribution < 1.29 is 9.53 Å². The van der Waals surface area contributed by atoms with Crippen molar-refractivity contribution in [2.45, 2.75) is 51.6 Å². The first-order valence-electron chi connectivity index (χ1n) is 16.3. The average Bonchev–Trinajstić information content (AvgIpc) is 3.71. The van der Waals surface area contributed by atoms with Crippen LogP contribution in [0, 0.1) is 13.8 Å². The van der Waals surface area contributed by atoms with Crippen molar-refractivity contribution in [2.24, 2.45) is 14.1 Å². The van der Waals surface area contributed by atoms with E-state index in [1.165, 1.54) is 11.6 Å². The van der Waals surface area contributed by atoms with Crippen molar-refractivity contribution in [1.29, 1.82) is 0 Å². The van der Waals surface area contributed by atoms with Gasteiger partial charge >= 0.3 is 5.69 Å². The zero-order valence-corrected chi connectivity index (χ0v) is 28.7. The number of nitrogens with one attached hydrogen (secondary N) is 3. The van der Waals surface area contributed by atoms with E-state index in [4.69, 9.17) is 21.3 Å². The maximum atomic E-state index is 13.2. The number of hydrogen-bond donors (Lipinski definition) is 3. The third kappa shape index (κ3) is 5.74. The molecular formula is C36H37ClN8O4. The molecule has 0 bridgehead atoms. The monoisotopic (exact) mass is 680 g/mol. The molecular weight excluding hydrogens is 644 g/mol. The van der Waals surface area contributed by atoms with Gasteiger partial charge in [0.15, 0.2) is 5.65 Å². The van der Waals surface area contributed by atoms with Gasteiger partial charge in [-0.15, -0.1) is 0 Å². The Morgan fingerprint density at radius 2 is 1.71 bits per heavy atom. The van der Waals surface area contributed by atoms with Gasteiger partial charge in [0.25, 0.3) is 5.56 Å². The second-order valence-electron chi connectivity index (χ2n) is 12.7. The summed E-state index contributed by atoms with van der Waals surface area (Å²) in [6, 6.07) is 14.0. The van der Waals surface area contributed by atoms with E-state index in [2.05, 4.69) is 32.0 Å². The van der Waals surface area contributed by atoms with Crippen molar-refractivity contribution in [3.63, 3.8) is 0 Å². The molecule has 0 spiro atoms. The number of nitrogens with zero attached hydrogens (tertiary/aromatic N) is 5. The summed E-state index contributed by atoms with van der Waals surface area (Å²) in [6.07, 6.45) is 3.19. The maximum Gasteiger partial charge on any atom is 0.332 e. The highest BCUT2D eigenvalue weighted by Gasteiger charge is 2.30. The Hall–Kier alpha value is -5.07. The fraction of sp³-hybridized carbons (Fsp3) is 0.333. The Morgan fingerprint density at radius 1 is 0.959 bits per heavy atom. The summed E-state index contributed by atoms with van der Waals surface area (Å²) in [4.78, 5) is 51.4. The molecule has 12 nitrogen and oxygen atoms in total. The zero-order valence-electron chi connectivity index (χ0n) is 28.0. The number of rotatable bonds is 8. The van der Waals surface area contributed by atoms with Gasteiger partial charge in [0.2, 0.25) is 11.8 Å².